The third kappa shape index (κ3) is 4.31. The molecule has 0 radical (unpaired) electrons. The van der Waals surface area contributed by atoms with Crippen LogP contribution in [0.2, 0.25) is 0 Å². The van der Waals surface area contributed by atoms with Crippen molar-refractivity contribution in [2.45, 2.75) is 18.6 Å². The predicted octanol–water partition coefficient (Wildman–Crippen LogP) is 2.86. The Morgan fingerprint density at radius 2 is 1.83 bits per heavy atom. The summed E-state index contributed by atoms with van der Waals surface area (Å²) in [5, 5.41) is 4.30. The van der Waals surface area contributed by atoms with Crippen LogP contribution in [0.1, 0.15) is 29.2 Å². The largest absolute Gasteiger partial charge is 0.352 e. The summed E-state index contributed by atoms with van der Waals surface area (Å²) < 4.78 is 2.27. The Labute approximate surface area is 177 Å². The van der Waals surface area contributed by atoms with Crippen molar-refractivity contribution in [1.29, 1.82) is 0 Å². The molecule has 0 bridgehead atoms. The maximum atomic E-state index is 5.74. The van der Waals surface area contributed by atoms with Gasteiger partial charge in [0.05, 0.1) is 30.0 Å². The Hall–Kier alpha value is -2.77. The van der Waals surface area contributed by atoms with Crippen LogP contribution in [-0.4, -0.2) is 56.6 Å². The van der Waals surface area contributed by atoms with E-state index >= 15 is 0 Å². The Balaban J connectivity index is 1.70. The molecule has 0 amide bonds. The first kappa shape index (κ1) is 19.5. The Morgan fingerprint density at radius 3 is 2.52 bits per heavy atom. The third-order valence-electron chi connectivity index (χ3n) is 5.21. The molecule has 0 spiro atoms. The monoisotopic (exact) mass is 406 g/mol. The number of rotatable bonds is 7. The normalized spacial score (nSPS) is 19.0. The third-order valence-corrected chi connectivity index (χ3v) is 5.56. The van der Waals surface area contributed by atoms with E-state index in [1.165, 1.54) is 5.69 Å². The molecular weight excluding hydrogens is 380 g/mol. The van der Waals surface area contributed by atoms with Crippen molar-refractivity contribution in [3.8, 4) is 0 Å². The van der Waals surface area contributed by atoms with Crippen LogP contribution in [0, 0.1) is 0 Å². The molecule has 0 aliphatic carbocycles. The topological polar surface area (TPSA) is 49.2 Å². The van der Waals surface area contributed by atoms with E-state index in [1.807, 2.05) is 36.7 Å². The Bertz CT molecular complexity index is 940. The minimum atomic E-state index is 0.00300. The molecule has 7 heteroatoms. The van der Waals surface area contributed by atoms with Gasteiger partial charge in [0.25, 0.3) is 0 Å². The van der Waals surface area contributed by atoms with E-state index < -0.39 is 0 Å². The molecule has 6 nitrogen and oxygen atoms in total. The smallest absolute Gasteiger partial charge is 0.170 e. The summed E-state index contributed by atoms with van der Waals surface area (Å²) in [6.07, 6.45) is 5.79. The van der Waals surface area contributed by atoms with Gasteiger partial charge in [-0.3, -0.25) is 9.97 Å². The number of nitrogens with one attached hydrogen (secondary N) is 1. The zero-order valence-corrected chi connectivity index (χ0v) is 17.6. The molecule has 0 aromatic carbocycles. The molecule has 150 valence electrons. The number of hydrogen-bond donors (Lipinski definition) is 1. The van der Waals surface area contributed by atoms with Gasteiger partial charge in [0.1, 0.15) is 0 Å². The highest BCUT2D eigenvalue weighted by Gasteiger charge is 2.40. The first-order valence-electron chi connectivity index (χ1n) is 9.81. The van der Waals surface area contributed by atoms with Gasteiger partial charge >= 0.3 is 0 Å². The highest BCUT2D eigenvalue weighted by Crippen LogP contribution is 2.38. The van der Waals surface area contributed by atoms with Crippen molar-refractivity contribution in [3.05, 3.63) is 84.2 Å². The van der Waals surface area contributed by atoms with E-state index in [1.54, 1.807) is 0 Å². The van der Waals surface area contributed by atoms with Crippen molar-refractivity contribution in [2.75, 3.05) is 27.2 Å². The Kier molecular flexibility index (Phi) is 5.87. The first-order chi connectivity index (χ1) is 14.1. The van der Waals surface area contributed by atoms with Crippen LogP contribution in [0.15, 0.2) is 67.1 Å². The van der Waals surface area contributed by atoms with E-state index in [4.69, 9.17) is 12.2 Å². The second-order valence-corrected chi connectivity index (χ2v) is 7.89. The summed E-state index contributed by atoms with van der Waals surface area (Å²) in [4.78, 5) is 13.6. The molecule has 4 rings (SSSR count). The van der Waals surface area contributed by atoms with Crippen LogP contribution in [-0.2, 0) is 6.54 Å². The Morgan fingerprint density at radius 1 is 1.03 bits per heavy atom. The summed E-state index contributed by atoms with van der Waals surface area (Å²) >= 11 is 5.74. The summed E-state index contributed by atoms with van der Waals surface area (Å²) in [5.41, 5.74) is 3.24. The summed E-state index contributed by atoms with van der Waals surface area (Å²) in [6.45, 7) is 2.50. The molecule has 29 heavy (non-hydrogen) atoms. The van der Waals surface area contributed by atoms with Gasteiger partial charge in [-0.2, -0.15) is 0 Å². The van der Waals surface area contributed by atoms with Gasteiger partial charge in [-0.25, -0.2) is 0 Å². The van der Waals surface area contributed by atoms with E-state index in [2.05, 4.69) is 74.2 Å². The van der Waals surface area contributed by atoms with Crippen molar-refractivity contribution >= 4 is 17.3 Å². The number of nitrogens with zero attached hydrogens (tertiary/aromatic N) is 5. The predicted molar refractivity (Wildman–Crippen MR) is 118 cm³/mol. The van der Waals surface area contributed by atoms with E-state index in [0.29, 0.717) is 0 Å². The standard InChI is InChI=1S/C22H26N6S/c1-26(2)14-15-28-21(20(25-22(28)29)18-9-4-6-12-24-18)19-10-7-13-27(19)16-17-8-3-5-11-23-17/h3-13,20-21H,14-16H2,1-2H3,(H,25,29)/t20-,21-/m1/s1. The van der Waals surface area contributed by atoms with Gasteiger partial charge in [-0.15, -0.1) is 0 Å². The molecule has 1 saturated heterocycles. The second kappa shape index (κ2) is 8.71. The van der Waals surface area contributed by atoms with Crippen LogP contribution < -0.4 is 5.32 Å². The molecule has 1 aliphatic heterocycles. The summed E-state index contributed by atoms with van der Waals surface area (Å²) in [6, 6.07) is 16.4. The van der Waals surface area contributed by atoms with E-state index in [-0.39, 0.29) is 12.1 Å². The molecule has 3 aromatic rings. The molecule has 0 saturated carbocycles. The molecule has 1 N–H and O–H groups in total. The molecule has 3 aromatic heterocycles. The maximum absolute atomic E-state index is 5.74. The zero-order chi connectivity index (χ0) is 20.2. The lowest BCUT2D eigenvalue weighted by Gasteiger charge is -2.29. The molecule has 4 heterocycles. The zero-order valence-electron chi connectivity index (χ0n) is 16.8. The van der Waals surface area contributed by atoms with Gasteiger partial charge in [0.2, 0.25) is 0 Å². The van der Waals surface area contributed by atoms with Crippen molar-refractivity contribution in [2.24, 2.45) is 0 Å². The quantitative estimate of drug-likeness (QED) is 0.609. The maximum Gasteiger partial charge on any atom is 0.170 e. The average Bonchev–Trinajstić information content (AvgIpc) is 3.31. The first-order valence-corrected chi connectivity index (χ1v) is 10.2. The van der Waals surface area contributed by atoms with Crippen LogP contribution in [0.4, 0.5) is 0 Å². The molecular formula is C22H26N6S. The van der Waals surface area contributed by atoms with Gasteiger partial charge in [0.15, 0.2) is 5.11 Å². The van der Waals surface area contributed by atoms with Gasteiger partial charge in [-0.05, 0) is 62.7 Å². The fourth-order valence-electron chi connectivity index (χ4n) is 3.78. The van der Waals surface area contributed by atoms with Crippen LogP contribution in [0.25, 0.3) is 0 Å². The second-order valence-electron chi connectivity index (χ2n) is 7.51. The molecule has 2 atom stereocenters. The van der Waals surface area contributed by atoms with Crippen LogP contribution in [0.5, 0.6) is 0 Å². The lowest BCUT2D eigenvalue weighted by atomic mass is 10.0. The van der Waals surface area contributed by atoms with E-state index in [9.17, 15) is 0 Å². The van der Waals surface area contributed by atoms with Gasteiger partial charge < -0.3 is 19.7 Å². The number of hydrogen-bond acceptors (Lipinski definition) is 4. The van der Waals surface area contributed by atoms with E-state index in [0.717, 1.165) is 36.1 Å². The number of aromatic nitrogens is 3. The summed E-state index contributed by atoms with van der Waals surface area (Å²) in [7, 11) is 4.17. The molecule has 0 unspecified atom stereocenters. The fraction of sp³-hybridized carbons (Fsp3) is 0.318. The number of pyridine rings is 2. The molecule has 1 aliphatic rings. The highest BCUT2D eigenvalue weighted by molar-refractivity contribution is 7.80. The minimum Gasteiger partial charge on any atom is -0.352 e. The van der Waals surface area contributed by atoms with Crippen LogP contribution >= 0.6 is 12.2 Å². The lowest BCUT2D eigenvalue weighted by Crippen LogP contribution is -2.36. The summed E-state index contributed by atoms with van der Waals surface area (Å²) in [5.74, 6) is 0. The van der Waals surface area contributed by atoms with Crippen LogP contribution in [0.3, 0.4) is 0 Å². The lowest BCUT2D eigenvalue weighted by molar-refractivity contribution is 0.269. The van der Waals surface area contributed by atoms with Crippen molar-refractivity contribution < 1.29 is 0 Å². The van der Waals surface area contributed by atoms with Crippen molar-refractivity contribution in [1.82, 2.24) is 29.7 Å². The van der Waals surface area contributed by atoms with Gasteiger partial charge in [0, 0.05) is 37.4 Å². The molecule has 1 fully saturated rings. The highest BCUT2D eigenvalue weighted by atomic mass is 32.1. The average molecular weight is 407 g/mol. The SMILES string of the molecule is CN(C)CCN1C(=S)N[C@H](c2ccccn2)[C@H]1c1cccn1Cc1ccccn1. The fourth-order valence-corrected chi connectivity index (χ4v) is 4.11. The number of likely N-dealkylation sites (N-methyl/N-ethyl adjacent to an activating group) is 1. The van der Waals surface area contributed by atoms with Gasteiger partial charge in [-0.1, -0.05) is 12.1 Å². The number of thiocarbonyl (C=S) groups is 1. The van der Waals surface area contributed by atoms with Crippen molar-refractivity contribution in [3.63, 3.8) is 0 Å². The minimum absolute atomic E-state index is 0.00300.